The molecule has 0 saturated carbocycles. The van der Waals surface area contributed by atoms with Crippen LogP contribution in [0.4, 0.5) is 0 Å². The van der Waals surface area contributed by atoms with Crippen LogP contribution >= 0.6 is 0 Å². The van der Waals surface area contributed by atoms with E-state index in [9.17, 15) is 0 Å². The zero-order chi connectivity index (χ0) is 14.9. The second-order valence-corrected chi connectivity index (χ2v) is 6.30. The van der Waals surface area contributed by atoms with Gasteiger partial charge in [-0.1, -0.05) is 61.4 Å². The molecule has 0 aliphatic carbocycles. The van der Waals surface area contributed by atoms with Crippen LogP contribution in [0.1, 0.15) is 59.1 Å². The van der Waals surface area contributed by atoms with E-state index >= 15 is 0 Å². The quantitative estimate of drug-likeness (QED) is 0.656. The largest absolute Gasteiger partial charge is 0.0590 e. The van der Waals surface area contributed by atoms with Crippen LogP contribution in [-0.4, -0.2) is 0 Å². The van der Waals surface area contributed by atoms with Crippen molar-refractivity contribution in [2.45, 2.75) is 53.4 Å². The summed E-state index contributed by atoms with van der Waals surface area (Å²) in [6, 6.07) is 13.6. The predicted molar refractivity (Wildman–Crippen MR) is 88.7 cm³/mol. The molecule has 0 bridgehead atoms. The number of hydrogen-bond acceptors (Lipinski definition) is 0. The van der Waals surface area contributed by atoms with Gasteiger partial charge in [-0.15, -0.1) is 0 Å². The molecule has 0 heterocycles. The van der Waals surface area contributed by atoms with Crippen molar-refractivity contribution < 1.29 is 0 Å². The molecule has 0 saturated heterocycles. The Labute approximate surface area is 123 Å². The molecule has 0 amide bonds. The molecule has 0 N–H and O–H groups in total. The monoisotopic (exact) mass is 266 g/mol. The highest BCUT2D eigenvalue weighted by Crippen LogP contribution is 2.35. The van der Waals surface area contributed by atoms with E-state index in [-0.39, 0.29) is 0 Å². The predicted octanol–water partition coefficient (Wildman–Crippen LogP) is 5.83. The van der Waals surface area contributed by atoms with Gasteiger partial charge in [-0.05, 0) is 61.8 Å². The lowest BCUT2D eigenvalue weighted by molar-refractivity contribution is 0.617. The molecular formula is C20H26. The third-order valence-corrected chi connectivity index (χ3v) is 4.58. The zero-order valence-electron chi connectivity index (χ0n) is 13.6. The van der Waals surface area contributed by atoms with E-state index in [0.717, 1.165) is 0 Å². The van der Waals surface area contributed by atoms with Crippen molar-refractivity contribution in [2.75, 3.05) is 0 Å². The molecule has 2 aromatic rings. The van der Waals surface area contributed by atoms with Crippen molar-refractivity contribution in [3.63, 3.8) is 0 Å². The number of rotatable bonds is 3. The maximum Gasteiger partial charge on any atom is -0.0121 e. The average Bonchev–Trinajstić information content (AvgIpc) is 2.37. The van der Waals surface area contributed by atoms with Gasteiger partial charge >= 0.3 is 0 Å². The molecule has 2 rings (SSSR count). The molecule has 106 valence electrons. The van der Waals surface area contributed by atoms with Crippen molar-refractivity contribution >= 4 is 0 Å². The summed E-state index contributed by atoms with van der Waals surface area (Å²) in [5, 5.41) is 0. The van der Waals surface area contributed by atoms with E-state index in [4.69, 9.17) is 0 Å². The Morgan fingerprint density at radius 1 is 0.600 bits per heavy atom. The molecule has 0 nitrogen and oxygen atoms in total. The lowest BCUT2D eigenvalue weighted by atomic mass is 9.80. The fourth-order valence-electron chi connectivity index (χ4n) is 3.21. The normalized spacial score (nSPS) is 14.1. The second kappa shape index (κ2) is 5.83. The van der Waals surface area contributed by atoms with Crippen LogP contribution < -0.4 is 0 Å². The fourth-order valence-corrected chi connectivity index (χ4v) is 3.21. The van der Waals surface area contributed by atoms with Crippen LogP contribution in [0.25, 0.3) is 0 Å². The summed E-state index contributed by atoms with van der Waals surface area (Å²) >= 11 is 0. The van der Waals surface area contributed by atoms with Crippen molar-refractivity contribution in [1.82, 2.24) is 0 Å². The molecule has 0 aliphatic heterocycles. The summed E-state index contributed by atoms with van der Waals surface area (Å²) in [6.45, 7) is 13.5. The zero-order valence-corrected chi connectivity index (χ0v) is 13.6. The minimum atomic E-state index is 0.539. The van der Waals surface area contributed by atoms with E-state index in [2.05, 4.69) is 77.9 Å². The summed E-state index contributed by atoms with van der Waals surface area (Å²) in [7, 11) is 0. The Hall–Kier alpha value is -1.56. The maximum atomic E-state index is 2.35. The van der Waals surface area contributed by atoms with Crippen LogP contribution in [0.3, 0.4) is 0 Å². The Morgan fingerprint density at radius 2 is 0.950 bits per heavy atom. The van der Waals surface area contributed by atoms with Crippen molar-refractivity contribution in [3.05, 3.63) is 69.8 Å². The van der Waals surface area contributed by atoms with Gasteiger partial charge in [0.2, 0.25) is 0 Å². The average molecular weight is 266 g/mol. The SMILES string of the molecule is Cc1ccc(C(C)C(C)c2ccc(C)cc2C)c(C)c1. The van der Waals surface area contributed by atoms with Gasteiger partial charge in [-0.3, -0.25) is 0 Å². The molecule has 0 heteroatoms. The maximum absolute atomic E-state index is 2.35. The highest BCUT2D eigenvalue weighted by atomic mass is 14.2. The summed E-state index contributed by atoms with van der Waals surface area (Å²) < 4.78 is 0. The highest BCUT2D eigenvalue weighted by Gasteiger charge is 2.19. The first-order valence-electron chi connectivity index (χ1n) is 7.54. The molecule has 2 atom stereocenters. The summed E-state index contributed by atoms with van der Waals surface area (Å²) in [6.07, 6.45) is 0. The van der Waals surface area contributed by atoms with Crippen molar-refractivity contribution in [1.29, 1.82) is 0 Å². The number of benzene rings is 2. The molecular weight excluding hydrogens is 240 g/mol. The Bertz CT molecular complexity index is 552. The van der Waals surface area contributed by atoms with E-state index < -0.39 is 0 Å². The van der Waals surface area contributed by atoms with Gasteiger partial charge in [0.1, 0.15) is 0 Å². The third kappa shape index (κ3) is 2.95. The van der Waals surface area contributed by atoms with E-state index in [1.165, 1.54) is 33.4 Å². The molecule has 2 unspecified atom stereocenters. The first-order valence-corrected chi connectivity index (χ1v) is 7.54. The molecule has 0 aromatic heterocycles. The van der Waals surface area contributed by atoms with E-state index in [1.807, 2.05) is 0 Å². The molecule has 20 heavy (non-hydrogen) atoms. The summed E-state index contributed by atoms with van der Waals surface area (Å²) in [5.74, 6) is 1.08. The van der Waals surface area contributed by atoms with Gasteiger partial charge in [0.05, 0.1) is 0 Å². The van der Waals surface area contributed by atoms with Crippen LogP contribution in [0, 0.1) is 27.7 Å². The molecule has 0 fully saturated rings. The highest BCUT2D eigenvalue weighted by molar-refractivity contribution is 5.38. The third-order valence-electron chi connectivity index (χ3n) is 4.58. The van der Waals surface area contributed by atoms with Gasteiger partial charge < -0.3 is 0 Å². The molecule has 0 spiro atoms. The van der Waals surface area contributed by atoms with Crippen LogP contribution in [-0.2, 0) is 0 Å². The second-order valence-electron chi connectivity index (χ2n) is 6.30. The first kappa shape index (κ1) is 14.8. The standard InChI is InChI=1S/C20H26/c1-13-7-9-19(15(3)11-13)17(5)18(6)20-10-8-14(2)12-16(20)4/h7-12,17-18H,1-6H3. The molecule has 0 aliphatic rings. The van der Waals surface area contributed by atoms with E-state index in [1.54, 1.807) is 0 Å². The molecule has 2 aromatic carbocycles. The lowest BCUT2D eigenvalue weighted by Crippen LogP contribution is -2.08. The van der Waals surface area contributed by atoms with Gasteiger partial charge in [0.15, 0.2) is 0 Å². The first-order chi connectivity index (χ1) is 9.40. The van der Waals surface area contributed by atoms with E-state index in [0.29, 0.717) is 11.8 Å². The van der Waals surface area contributed by atoms with Crippen LogP contribution in [0.5, 0.6) is 0 Å². The van der Waals surface area contributed by atoms with Crippen molar-refractivity contribution in [2.24, 2.45) is 0 Å². The Morgan fingerprint density at radius 3 is 1.25 bits per heavy atom. The minimum absolute atomic E-state index is 0.539. The Balaban J connectivity index is 2.34. The topological polar surface area (TPSA) is 0 Å². The smallest absolute Gasteiger partial charge is 0.0121 e. The van der Waals surface area contributed by atoms with Crippen LogP contribution in [0.2, 0.25) is 0 Å². The van der Waals surface area contributed by atoms with Crippen molar-refractivity contribution in [3.8, 4) is 0 Å². The minimum Gasteiger partial charge on any atom is -0.0590 e. The molecule has 0 radical (unpaired) electrons. The van der Waals surface area contributed by atoms with Crippen LogP contribution in [0.15, 0.2) is 36.4 Å². The van der Waals surface area contributed by atoms with Gasteiger partial charge in [-0.25, -0.2) is 0 Å². The number of aryl methyl sites for hydroxylation is 4. The Kier molecular flexibility index (Phi) is 4.32. The van der Waals surface area contributed by atoms with Gasteiger partial charge in [0.25, 0.3) is 0 Å². The lowest BCUT2D eigenvalue weighted by Gasteiger charge is -2.24. The fraction of sp³-hybridized carbons (Fsp3) is 0.400. The number of hydrogen-bond donors (Lipinski definition) is 0. The summed E-state index contributed by atoms with van der Waals surface area (Å²) in [4.78, 5) is 0. The van der Waals surface area contributed by atoms with Gasteiger partial charge in [-0.2, -0.15) is 0 Å². The summed E-state index contributed by atoms with van der Waals surface area (Å²) in [5.41, 5.74) is 8.46. The van der Waals surface area contributed by atoms with Gasteiger partial charge in [0, 0.05) is 0 Å².